The molecule has 1 fully saturated rings. The predicted octanol–water partition coefficient (Wildman–Crippen LogP) is 4.16. The van der Waals surface area contributed by atoms with E-state index in [0.717, 1.165) is 15.6 Å². The Hall–Kier alpha value is -1.85. The predicted molar refractivity (Wildman–Crippen MR) is 91.0 cm³/mol. The van der Waals surface area contributed by atoms with Crippen molar-refractivity contribution in [2.24, 2.45) is 0 Å². The quantitative estimate of drug-likeness (QED) is 0.808. The van der Waals surface area contributed by atoms with Gasteiger partial charge < -0.3 is 14.4 Å². The molecule has 5 heteroatoms. The Labute approximate surface area is 144 Å². The first kappa shape index (κ1) is 16.0. The van der Waals surface area contributed by atoms with Gasteiger partial charge in [0.25, 0.3) is 0 Å². The third kappa shape index (κ3) is 4.33. The minimum absolute atomic E-state index is 0.110. The molecule has 2 aromatic carbocycles. The average Bonchev–Trinajstić information content (AvgIpc) is 2.61. The van der Waals surface area contributed by atoms with E-state index in [1.807, 2.05) is 54.6 Å². The number of nitrogens with zero attached hydrogens (tertiary/aromatic N) is 1. The molecule has 1 heterocycles. The standard InChI is InChI=1S/C18H18BrNO3/c19-16-8-6-15(7-9-16)17-12-20(10-11-22-17)18(21)23-13-14-4-2-1-3-5-14/h1-9,17H,10-13H2. The fraction of sp³-hybridized carbons (Fsp3) is 0.278. The first-order valence-electron chi connectivity index (χ1n) is 7.55. The van der Waals surface area contributed by atoms with Crippen LogP contribution in [0.5, 0.6) is 0 Å². The molecule has 0 N–H and O–H groups in total. The Morgan fingerprint density at radius 1 is 1.17 bits per heavy atom. The van der Waals surface area contributed by atoms with E-state index in [9.17, 15) is 4.79 Å². The largest absolute Gasteiger partial charge is 0.445 e. The molecule has 1 saturated heterocycles. The SMILES string of the molecule is O=C(OCc1ccccc1)N1CCOC(c2ccc(Br)cc2)C1. The monoisotopic (exact) mass is 375 g/mol. The number of morpholine rings is 1. The van der Waals surface area contributed by atoms with Crippen LogP contribution >= 0.6 is 15.9 Å². The number of carbonyl (C=O) groups excluding carboxylic acids is 1. The molecule has 0 aliphatic carbocycles. The van der Waals surface area contributed by atoms with Crippen molar-refractivity contribution in [3.8, 4) is 0 Å². The highest BCUT2D eigenvalue weighted by atomic mass is 79.9. The van der Waals surface area contributed by atoms with Crippen molar-refractivity contribution in [1.29, 1.82) is 0 Å². The van der Waals surface area contributed by atoms with Crippen molar-refractivity contribution in [3.63, 3.8) is 0 Å². The number of carbonyl (C=O) groups is 1. The van der Waals surface area contributed by atoms with Crippen LogP contribution in [0.3, 0.4) is 0 Å². The third-order valence-corrected chi connectivity index (χ3v) is 4.30. The number of hydrogen-bond acceptors (Lipinski definition) is 3. The van der Waals surface area contributed by atoms with Crippen LogP contribution in [0, 0.1) is 0 Å². The summed E-state index contributed by atoms with van der Waals surface area (Å²) in [5.41, 5.74) is 2.05. The molecule has 0 saturated carbocycles. The highest BCUT2D eigenvalue weighted by molar-refractivity contribution is 9.10. The first-order chi connectivity index (χ1) is 11.2. The van der Waals surface area contributed by atoms with Gasteiger partial charge in [-0.3, -0.25) is 0 Å². The van der Waals surface area contributed by atoms with Gasteiger partial charge in [0.05, 0.1) is 13.2 Å². The molecule has 3 rings (SSSR count). The normalized spacial score (nSPS) is 17.8. The Morgan fingerprint density at radius 3 is 2.65 bits per heavy atom. The van der Waals surface area contributed by atoms with Crippen LogP contribution in [0.2, 0.25) is 0 Å². The molecular weight excluding hydrogens is 358 g/mol. The minimum atomic E-state index is -0.292. The number of halogens is 1. The Bertz CT molecular complexity index is 645. The van der Waals surface area contributed by atoms with Crippen molar-refractivity contribution >= 4 is 22.0 Å². The van der Waals surface area contributed by atoms with Gasteiger partial charge in [-0.25, -0.2) is 4.79 Å². The summed E-state index contributed by atoms with van der Waals surface area (Å²) in [5.74, 6) is 0. The van der Waals surface area contributed by atoms with Gasteiger partial charge in [-0.15, -0.1) is 0 Å². The Kier molecular flexibility index (Phi) is 5.31. The van der Waals surface area contributed by atoms with E-state index in [1.165, 1.54) is 0 Å². The van der Waals surface area contributed by atoms with Gasteiger partial charge in [0.1, 0.15) is 12.7 Å². The van der Waals surface area contributed by atoms with Crippen LogP contribution < -0.4 is 0 Å². The van der Waals surface area contributed by atoms with Crippen molar-refractivity contribution < 1.29 is 14.3 Å². The summed E-state index contributed by atoms with van der Waals surface area (Å²) < 4.78 is 12.2. The summed E-state index contributed by atoms with van der Waals surface area (Å²) in [4.78, 5) is 14.0. The van der Waals surface area contributed by atoms with E-state index in [2.05, 4.69) is 15.9 Å². The zero-order valence-corrected chi connectivity index (χ0v) is 14.2. The van der Waals surface area contributed by atoms with E-state index in [4.69, 9.17) is 9.47 Å². The molecule has 0 bridgehead atoms. The van der Waals surface area contributed by atoms with Gasteiger partial charge in [-0.2, -0.15) is 0 Å². The average molecular weight is 376 g/mol. The lowest BCUT2D eigenvalue weighted by Crippen LogP contribution is -2.42. The maximum atomic E-state index is 12.2. The summed E-state index contributed by atoms with van der Waals surface area (Å²) >= 11 is 3.42. The molecule has 120 valence electrons. The van der Waals surface area contributed by atoms with Gasteiger partial charge in [-0.1, -0.05) is 58.4 Å². The zero-order chi connectivity index (χ0) is 16.1. The molecule has 0 radical (unpaired) electrons. The van der Waals surface area contributed by atoms with Gasteiger partial charge in [0, 0.05) is 11.0 Å². The lowest BCUT2D eigenvalue weighted by molar-refractivity contribution is -0.0296. The maximum Gasteiger partial charge on any atom is 0.410 e. The molecule has 2 aromatic rings. The van der Waals surface area contributed by atoms with Gasteiger partial charge in [0.2, 0.25) is 0 Å². The van der Waals surface area contributed by atoms with E-state index < -0.39 is 0 Å². The second-order valence-electron chi connectivity index (χ2n) is 5.40. The number of benzene rings is 2. The van der Waals surface area contributed by atoms with Crippen molar-refractivity contribution in [3.05, 3.63) is 70.2 Å². The zero-order valence-electron chi connectivity index (χ0n) is 12.7. The molecule has 0 aromatic heterocycles. The minimum Gasteiger partial charge on any atom is -0.445 e. The van der Waals surface area contributed by atoms with Crippen LogP contribution in [-0.2, 0) is 16.1 Å². The lowest BCUT2D eigenvalue weighted by atomic mass is 10.1. The summed E-state index contributed by atoms with van der Waals surface area (Å²) in [6.45, 7) is 1.87. The van der Waals surface area contributed by atoms with Crippen LogP contribution in [0.1, 0.15) is 17.2 Å². The highest BCUT2D eigenvalue weighted by Crippen LogP contribution is 2.24. The van der Waals surface area contributed by atoms with Crippen LogP contribution in [0.4, 0.5) is 4.79 Å². The molecule has 1 unspecified atom stereocenters. The highest BCUT2D eigenvalue weighted by Gasteiger charge is 2.26. The van der Waals surface area contributed by atoms with E-state index in [-0.39, 0.29) is 12.2 Å². The molecule has 1 aliphatic heterocycles. The van der Waals surface area contributed by atoms with Gasteiger partial charge >= 0.3 is 6.09 Å². The molecule has 23 heavy (non-hydrogen) atoms. The third-order valence-electron chi connectivity index (χ3n) is 3.77. The van der Waals surface area contributed by atoms with Crippen molar-refractivity contribution in [2.45, 2.75) is 12.7 Å². The van der Waals surface area contributed by atoms with Crippen molar-refractivity contribution in [2.75, 3.05) is 19.7 Å². The summed E-state index contributed by atoms with van der Waals surface area (Å²) in [6, 6.07) is 17.7. The van der Waals surface area contributed by atoms with Crippen molar-refractivity contribution in [1.82, 2.24) is 4.90 Å². The molecule has 1 aliphatic rings. The summed E-state index contributed by atoms with van der Waals surface area (Å²) in [7, 11) is 0. The number of hydrogen-bond donors (Lipinski definition) is 0. The smallest absolute Gasteiger partial charge is 0.410 e. The lowest BCUT2D eigenvalue weighted by Gasteiger charge is -2.32. The summed E-state index contributed by atoms with van der Waals surface area (Å²) in [5, 5.41) is 0. The van der Waals surface area contributed by atoms with Crippen LogP contribution in [0.15, 0.2) is 59.1 Å². The first-order valence-corrected chi connectivity index (χ1v) is 8.34. The molecule has 0 spiro atoms. The number of ether oxygens (including phenoxy) is 2. The molecule has 1 amide bonds. The van der Waals surface area contributed by atoms with Gasteiger partial charge in [0.15, 0.2) is 0 Å². The van der Waals surface area contributed by atoms with Gasteiger partial charge in [-0.05, 0) is 23.3 Å². The topological polar surface area (TPSA) is 38.8 Å². The number of amides is 1. The molecule has 4 nitrogen and oxygen atoms in total. The van der Waals surface area contributed by atoms with Crippen LogP contribution in [-0.4, -0.2) is 30.7 Å². The molecule has 1 atom stereocenters. The Balaban J connectivity index is 1.57. The van der Waals surface area contributed by atoms with E-state index in [0.29, 0.717) is 26.3 Å². The fourth-order valence-electron chi connectivity index (χ4n) is 2.50. The van der Waals surface area contributed by atoms with Crippen LogP contribution in [0.25, 0.3) is 0 Å². The van der Waals surface area contributed by atoms with E-state index in [1.54, 1.807) is 4.90 Å². The second-order valence-corrected chi connectivity index (χ2v) is 6.31. The fourth-order valence-corrected chi connectivity index (χ4v) is 2.77. The number of rotatable bonds is 3. The maximum absolute atomic E-state index is 12.2. The summed E-state index contributed by atoms with van der Waals surface area (Å²) in [6.07, 6.45) is -0.402. The molecular formula is C18H18BrNO3. The second kappa shape index (κ2) is 7.62. The Morgan fingerprint density at radius 2 is 1.91 bits per heavy atom. The van der Waals surface area contributed by atoms with E-state index >= 15 is 0 Å².